The molecule has 0 spiro atoms. The highest BCUT2D eigenvalue weighted by Crippen LogP contribution is 2.33. The van der Waals surface area contributed by atoms with Crippen LogP contribution in [0.25, 0.3) is 0 Å². The molecule has 1 fully saturated rings. The molecule has 0 bridgehead atoms. The van der Waals surface area contributed by atoms with E-state index in [-0.39, 0.29) is 18.4 Å². The topological polar surface area (TPSA) is 84.9 Å². The predicted molar refractivity (Wildman–Crippen MR) is 89.0 cm³/mol. The Balaban J connectivity index is 2.07. The van der Waals surface area contributed by atoms with Gasteiger partial charge >= 0.3 is 5.97 Å². The molecule has 1 saturated heterocycles. The highest BCUT2D eigenvalue weighted by Gasteiger charge is 2.25. The number of nitrogens with one attached hydrogen (secondary N) is 1. The summed E-state index contributed by atoms with van der Waals surface area (Å²) in [6, 6.07) is 5.05. The standard InChI is InChI=1S/C17H22N2O5/c1-11(2)17(22)24-10-15(20)18-12-6-7-14(23-3)13(9-12)19-8-4-5-16(19)21/h6-7,9,11H,4-5,8,10H2,1-3H3,(H,18,20). The largest absolute Gasteiger partial charge is 0.495 e. The van der Waals surface area contributed by atoms with E-state index in [1.165, 1.54) is 7.11 Å². The first-order valence-corrected chi connectivity index (χ1v) is 7.87. The second-order valence-electron chi connectivity index (χ2n) is 5.85. The molecule has 7 nitrogen and oxygen atoms in total. The fourth-order valence-corrected chi connectivity index (χ4v) is 2.38. The average Bonchev–Trinajstić information content (AvgIpc) is 2.98. The Morgan fingerprint density at radius 1 is 1.33 bits per heavy atom. The number of esters is 1. The first kappa shape index (κ1) is 17.8. The first-order valence-electron chi connectivity index (χ1n) is 7.87. The van der Waals surface area contributed by atoms with E-state index in [4.69, 9.17) is 9.47 Å². The second kappa shape index (κ2) is 7.81. The van der Waals surface area contributed by atoms with Gasteiger partial charge in [0.1, 0.15) is 5.75 Å². The van der Waals surface area contributed by atoms with Crippen molar-refractivity contribution in [2.75, 3.05) is 30.5 Å². The molecule has 1 aromatic rings. The number of benzene rings is 1. The molecular formula is C17H22N2O5. The fraction of sp³-hybridized carbons (Fsp3) is 0.471. The summed E-state index contributed by atoms with van der Waals surface area (Å²) in [4.78, 5) is 36.9. The lowest BCUT2D eigenvalue weighted by Gasteiger charge is -2.20. The van der Waals surface area contributed by atoms with Crippen molar-refractivity contribution < 1.29 is 23.9 Å². The van der Waals surface area contributed by atoms with Gasteiger partial charge in [0, 0.05) is 18.7 Å². The Kier molecular flexibility index (Phi) is 5.78. The van der Waals surface area contributed by atoms with E-state index in [1.54, 1.807) is 36.9 Å². The molecule has 0 atom stereocenters. The molecule has 2 rings (SSSR count). The molecule has 7 heteroatoms. The Morgan fingerprint density at radius 3 is 2.67 bits per heavy atom. The van der Waals surface area contributed by atoms with Crippen molar-refractivity contribution in [2.45, 2.75) is 26.7 Å². The van der Waals surface area contributed by atoms with Crippen LogP contribution in [0.5, 0.6) is 5.75 Å². The zero-order valence-corrected chi connectivity index (χ0v) is 14.1. The van der Waals surface area contributed by atoms with Gasteiger partial charge in [0.15, 0.2) is 6.61 Å². The number of ether oxygens (including phenoxy) is 2. The minimum Gasteiger partial charge on any atom is -0.495 e. The third-order valence-corrected chi connectivity index (χ3v) is 3.64. The number of amides is 2. The number of hydrogen-bond donors (Lipinski definition) is 1. The first-order chi connectivity index (χ1) is 11.4. The van der Waals surface area contributed by atoms with Gasteiger partial charge in [0.05, 0.1) is 18.7 Å². The van der Waals surface area contributed by atoms with Gasteiger partial charge < -0.3 is 19.7 Å². The number of nitrogens with zero attached hydrogens (tertiary/aromatic N) is 1. The fourth-order valence-electron chi connectivity index (χ4n) is 2.38. The summed E-state index contributed by atoms with van der Waals surface area (Å²) < 4.78 is 10.2. The molecule has 1 aliphatic rings. The van der Waals surface area contributed by atoms with E-state index >= 15 is 0 Å². The Labute approximate surface area is 140 Å². The van der Waals surface area contributed by atoms with Crippen LogP contribution in [0, 0.1) is 5.92 Å². The van der Waals surface area contributed by atoms with Gasteiger partial charge in [-0.3, -0.25) is 14.4 Å². The molecule has 1 heterocycles. The van der Waals surface area contributed by atoms with Crippen LogP contribution in [0.3, 0.4) is 0 Å². The van der Waals surface area contributed by atoms with Crippen molar-refractivity contribution in [3.8, 4) is 5.75 Å². The Bertz CT molecular complexity index is 642. The molecule has 0 aliphatic carbocycles. The van der Waals surface area contributed by atoms with E-state index in [9.17, 15) is 14.4 Å². The van der Waals surface area contributed by atoms with Crippen LogP contribution in [0.2, 0.25) is 0 Å². The number of carbonyl (C=O) groups excluding carboxylic acids is 3. The maximum atomic E-state index is 11.9. The van der Waals surface area contributed by atoms with Gasteiger partial charge in [-0.15, -0.1) is 0 Å². The van der Waals surface area contributed by atoms with Gasteiger partial charge in [0.25, 0.3) is 5.91 Å². The Hall–Kier alpha value is -2.57. The molecule has 0 aromatic heterocycles. The van der Waals surface area contributed by atoms with Crippen molar-refractivity contribution in [3.05, 3.63) is 18.2 Å². The third kappa shape index (κ3) is 4.24. The van der Waals surface area contributed by atoms with Crippen LogP contribution in [-0.4, -0.2) is 38.0 Å². The quantitative estimate of drug-likeness (QED) is 0.804. The minimum absolute atomic E-state index is 0.0302. The monoisotopic (exact) mass is 334 g/mol. The van der Waals surface area contributed by atoms with Crippen molar-refractivity contribution >= 4 is 29.2 Å². The third-order valence-electron chi connectivity index (χ3n) is 3.64. The number of carbonyl (C=O) groups is 3. The van der Waals surface area contributed by atoms with Gasteiger partial charge in [-0.1, -0.05) is 13.8 Å². The molecule has 2 amide bonds. The molecule has 130 valence electrons. The number of anilines is 2. The summed E-state index contributed by atoms with van der Waals surface area (Å²) in [6.07, 6.45) is 1.30. The molecular weight excluding hydrogens is 312 g/mol. The zero-order valence-electron chi connectivity index (χ0n) is 14.1. The number of hydrogen-bond acceptors (Lipinski definition) is 5. The van der Waals surface area contributed by atoms with Crippen LogP contribution in [-0.2, 0) is 19.1 Å². The van der Waals surface area contributed by atoms with Gasteiger partial charge in [-0.05, 0) is 24.6 Å². The molecule has 1 aromatic carbocycles. The van der Waals surface area contributed by atoms with E-state index in [1.807, 2.05) is 0 Å². The van der Waals surface area contributed by atoms with E-state index in [2.05, 4.69) is 5.32 Å². The van der Waals surface area contributed by atoms with Gasteiger partial charge in [-0.2, -0.15) is 0 Å². The van der Waals surface area contributed by atoms with Crippen molar-refractivity contribution in [3.63, 3.8) is 0 Å². The van der Waals surface area contributed by atoms with Gasteiger partial charge in [0.2, 0.25) is 5.91 Å². The molecule has 0 unspecified atom stereocenters. The maximum Gasteiger partial charge on any atom is 0.308 e. The van der Waals surface area contributed by atoms with E-state index in [0.29, 0.717) is 30.1 Å². The zero-order chi connectivity index (χ0) is 17.7. The second-order valence-corrected chi connectivity index (χ2v) is 5.85. The SMILES string of the molecule is COc1ccc(NC(=O)COC(=O)C(C)C)cc1N1CCCC1=O. The normalized spacial score (nSPS) is 14.0. The summed E-state index contributed by atoms with van der Waals surface area (Å²) in [5, 5.41) is 2.66. The molecule has 24 heavy (non-hydrogen) atoms. The smallest absolute Gasteiger partial charge is 0.308 e. The summed E-state index contributed by atoms with van der Waals surface area (Å²) in [5.74, 6) is -0.556. The molecule has 0 radical (unpaired) electrons. The highest BCUT2D eigenvalue weighted by molar-refractivity contribution is 5.99. The van der Waals surface area contributed by atoms with Crippen LogP contribution >= 0.6 is 0 Å². The van der Waals surface area contributed by atoms with Gasteiger partial charge in [-0.25, -0.2) is 0 Å². The van der Waals surface area contributed by atoms with E-state index in [0.717, 1.165) is 6.42 Å². The van der Waals surface area contributed by atoms with Crippen molar-refractivity contribution in [2.24, 2.45) is 5.92 Å². The Morgan fingerprint density at radius 2 is 2.08 bits per heavy atom. The summed E-state index contributed by atoms with van der Waals surface area (Å²) in [5.41, 5.74) is 1.13. The minimum atomic E-state index is -0.437. The molecule has 1 aliphatic heterocycles. The van der Waals surface area contributed by atoms with Crippen LogP contribution in [0.1, 0.15) is 26.7 Å². The van der Waals surface area contributed by atoms with Crippen LogP contribution in [0.15, 0.2) is 18.2 Å². The maximum absolute atomic E-state index is 11.9. The van der Waals surface area contributed by atoms with Crippen LogP contribution < -0.4 is 15.0 Å². The summed E-state index contributed by atoms with van der Waals surface area (Å²) >= 11 is 0. The number of methoxy groups -OCH3 is 1. The molecule has 0 saturated carbocycles. The van der Waals surface area contributed by atoms with E-state index < -0.39 is 11.9 Å². The highest BCUT2D eigenvalue weighted by atomic mass is 16.5. The summed E-state index contributed by atoms with van der Waals surface area (Å²) in [6.45, 7) is 3.67. The lowest BCUT2D eigenvalue weighted by Crippen LogP contribution is -2.25. The summed E-state index contributed by atoms with van der Waals surface area (Å²) in [7, 11) is 1.53. The molecule has 1 N–H and O–H groups in total. The lowest BCUT2D eigenvalue weighted by atomic mass is 10.2. The average molecular weight is 334 g/mol. The van der Waals surface area contributed by atoms with Crippen molar-refractivity contribution in [1.82, 2.24) is 0 Å². The predicted octanol–water partition coefficient (Wildman–Crippen LogP) is 1.96. The number of rotatable bonds is 6. The van der Waals surface area contributed by atoms with Crippen molar-refractivity contribution in [1.29, 1.82) is 0 Å². The van der Waals surface area contributed by atoms with Crippen LogP contribution in [0.4, 0.5) is 11.4 Å². The lowest BCUT2D eigenvalue weighted by molar-refractivity contribution is -0.150.